The summed E-state index contributed by atoms with van der Waals surface area (Å²) >= 11 is 0. The van der Waals surface area contributed by atoms with Gasteiger partial charge in [-0.05, 0) is 37.5 Å². The minimum Gasteiger partial charge on any atom is -0.388 e. The molecule has 4 nitrogen and oxygen atoms in total. The molecule has 0 spiro atoms. The van der Waals surface area contributed by atoms with Gasteiger partial charge in [0, 0.05) is 25.6 Å². The lowest BCUT2D eigenvalue weighted by Gasteiger charge is -2.39. The highest BCUT2D eigenvalue weighted by atomic mass is 16.3. The number of carbonyl (C=O) groups is 1. The highest BCUT2D eigenvalue weighted by Crippen LogP contribution is 2.35. The summed E-state index contributed by atoms with van der Waals surface area (Å²) in [5.41, 5.74) is 5.48. The van der Waals surface area contributed by atoms with E-state index >= 15 is 0 Å². The number of rotatable bonds is 3. The number of hydrogen-bond donors (Lipinski definition) is 2. The molecule has 2 aliphatic rings. The van der Waals surface area contributed by atoms with Crippen LogP contribution < -0.4 is 5.73 Å². The van der Waals surface area contributed by atoms with E-state index in [1.54, 1.807) is 4.90 Å². The van der Waals surface area contributed by atoms with Gasteiger partial charge in [0.25, 0.3) is 0 Å². The second-order valence-corrected chi connectivity index (χ2v) is 7.32. The monoisotopic (exact) mass is 282 g/mol. The number of likely N-dealkylation sites (N-methyl/N-ethyl adjacent to an activating group) is 1. The molecule has 1 amide bonds. The van der Waals surface area contributed by atoms with Gasteiger partial charge in [-0.3, -0.25) is 4.79 Å². The normalized spacial score (nSPS) is 36.9. The Balaban J connectivity index is 1.95. The number of nitrogens with two attached hydrogens (primary N) is 1. The van der Waals surface area contributed by atoms with E-state index in [1.807, 2.05) is 7.05 Å². The third kappa shape index (κ3) is 3.34. The lowest BCUT2D eigenvalue weighted by atomic mass is 9.72. The molecule has 2 aliphatic carbocycles. The first-order valence-electron chi connectivity index (χ1n) is 8.05. The van der Waals surface area contributed by atoms with E-state index in [1.165, 1.54) is 0 Å². The molecule has 0 aromatic heterocycles. The van der Waals surface area contributed by atoms with Crippen LogP contribution in [0.3, 0.4) is 0 Å². The first-order chi connectivity index (χ1) is 9.32. The largest absolute Gasteiger partial charge is 0.388 e. The zero-order valence-electron chi connectivity index (χ0n) is 13.1. The molecule has 0 bridgehead atoms. The van der Waals surface area contributed by atoms with Gasteiger partial charge in [0.15, 0.2) is 0 Å². The maximum atomic E-state index is 12.6. The highest BCUT2D eigenvalue weighted by Gasteiger charge is 2.39. The van der Waals surface area contributed by atoms with Crippen LogP contribution in [-0.2, 0) is 4.79 Å². The highest BCUT2D eigenvalue weighted by molar-refractivity contribution is 5.79. The molecule has 0 saturated heterocycles. The number of aliphatic hydroxyl groups is 1. The van der Waals surface area contributed by atoms with E-state index in [0.29, 0.717) is 18.4 Å². The smallest absolute Gasteiger partial charge is 0.225 e. The molecule has 0 aromatic rings. The molecule has 4 unspecified atom stereocenters. The standard InChI is InChI=1S/C16H30N2O2/c1-11-8-12(2)14(17)9-13(11)15(19)18(3)10-16(20)6-4-5-7-16/h11-14,20H,4-10,17H2,1-3H3. The molecule has 0 heterocycles. The van der Waals surface area contributed by atoms with Crippen LogP contribution in [-0.4, -0.2) is 41.1 Å². The second kappa shape index (κ2) is 6.02. The summed E-state index contributed by atoms with van der Waals surface area (Å²) in [4.78, 5) is 14.4. The van der Waals surface area contributed by atoms with Gasteiger partial charge in [0.05, 0.1) is 5.60 Å². The van der Waals surface area contributed by atoms with Crippen molar-refractivity contribution in [1.82, 2.24) is 4.90 Å². The molecule has 0 aromatic carbocycles. The zero-order valence-corrected chi connectivity index (χ0v) is 13.1. The molecule has 2 fully saturated rings. The molecular weight excluding hydrogens is 252 g/mol. The Bertz CT molecular complexity index is 352. The van der Waals surface area contributed by atoms with Crippen molar-refractivity contribution in [3.05, 3.63) is 0 Å². The van der Waals surface area contributed by atoms with Gasteiger partial charge in [0.2, 0.25) is 5.91 Å². The summed E-state index contributed by atoms with van der Waals surface area (Å²) in [5.74, 6) is 1.08. The van der Waals surface area contributed by atoms with Gasteiger partial charge in [-0.25, -0.2) is 0 Å². The predicted molar refractivity (Wildman–Crippen MR) is 80.1 cm³/mol. The molecule has 0 radical (unpaired) electrons. The van der Waals surface area contributed by atoms with Gasteiger partial charge >= 0.3 is 0 Å². The minimum absolute atomic E-state index is 0.0243. The quantitative estimate of drug-likeness (QED) is 0.829. The van der Waals surface area contributed by atoms with Crippen LogP contribution in [0.5, 0.6) is 0 Å². The number of nitrogens with zero attached hydrogens (tertiary/aromatic N) is 1. The van der Waals surface area contributed by atoms with E-state index in [9.17, 15) is 9.90 Å². The maximum absolute atomic E-state index is 12.6. The van der Waals surface area contributed by atoms with E-state index in [4.69, 9.17) is 5.73 Å². The van der Waals surface area contributed by atoms with E-state index in [2.05, 4.69) is 13.8 Å². The molecule has 2 rings (SSSR count). The molecule has 0 aliphatic heterocycles. The van der Waals surface area contributed by atoms with E-state index in [-0.39, 0.29) is 17.9 Å². The number of hydrogen-bond acceptors (Lipinski definition) is 3. The van der Waals surface area contributed by atoms with Gasteiger partial charge < -0.3 is 15.7 Å². The van der Waals surface area contributed by atoms with Gasteiger partial charge in [-0.15, -0.1) is 0 Å². The first-order valence-corrected chi connectivity index (χ1v) is 8.05. The van der Waals surface area contributed by atoms with Gasteiger partial charge in [-0.2, -0.15) is 0 Å². The molecule has 116 valence electrons. The van der Waals surface area contributed by atoms with Crippen LogP contribution in [0, 0.1) is 17.8 Å². The Morgan fingerprint density at radius 1 is 1.25 bits per heavy atom. The first kappa shape index (κ1) is 15.8. The molecule has 4 heteroatoms. The zero-order chi connectivity index (χ0) is 14.9. The van der Waals surface area contributed by atoms with Crippen molar-refractivity contribution in [3.63, 3.8) is 0 Å². The maximum Gasteiger partial charge on any atom is 0.225 e. The van der Waals surface area contributed by atoms with Gasteiger partial charge in [-0.1, -0.05) is 26.7 Å². The third-order valence-electron chi connectivity index (χ3n) is 5.45. The summed E-state index contributed by atoms with van der Waals surface area (Å²) < 4.78 is 0. The Morgan fingerprint density at radius 2 is 1.85 bits per heavy atom. The second-order valence-electron chi connectivity index (χ2n) is 7.32. The Morgan fingerprint density at radius 3 is 2.45 bits per heavy atom. The predicted octanol–water partition coefficient (Wildman–Crippen LogP) is 1.76. The fraction of sp³-hybridized carbons (Fsp3) is 0.938. The van der Waals surface area contributed by atoms with Crippen LogP contribution in [0.15, 0.2) is 0 Å². The van der Waals surface area contributed by atoms with Crippen LogP contribution in [0.1, 0.15) is 52.4 Å². The summed E-state index contributed by atoms with van der Waals surface area (Å²) in [6, 6.07) is 0.128. The molecule has 20 heavy (non-hydrogen) atoms. The summed E-state index contributed by atoms with van der Waals surface area (Å²) in [7, 11) is 1.83. The van der Waals surface area contributed by atoms with E-state index < -0.39 is 5.60 Å². The van der Waals surface area contributed by atoms with E-state index in [0.717, 1.165) is 38.5 Å². The molecule has 2 saturated carbocycles. The van der Waals surface area contributed by atoms with Crippen LogP contribution in [0.4, 0.5) is 0 Å². The number of amides is 1. The van der Waals surface area contributed by atoms with Crippen molar-refractivity contribution < 1.29 is 9.90 Å². The Labute approximate surface area is 122 Å². The third-order valence-corrected chi connectivity index (χ3v) is 5.45. The van der Waals surface area contributed by atoms with Crippen molar-refractivity contribution in [2.24, 2.45) is 23.5 Å². The van der Waals surface area contributed by atoms with Crippen LogP contribution in [0.2, 0.25) is 0 Å². The average molecular weight is 282 g/mol. The molecule has 4 atom stereocenters. The summed E-state index contributed by atoms with van der Waals surface area (Å²) in [6.07, 6.45) is 5.59. The SMILES string of the molecule is CC1CC(C)C(C(=O)N(C)CC2(O)CCCC2)CC1N. The number of carbonyl (C=O) groups excluding carboxylic acids is 1. The van der Waals surface area contributed by atoms with Crippen LogP contribution >= 0.6 is 0 Å². The Hall–Kier alpha value is -0.610. The van der Waals surface area contributed by atoms with Crippen molar-refractivity contribution >= 4 is 5.91 Å². The lowest BCUT2D eigenvalue weighted by molar-refractivity contribution is -0.140. The van der Waals surface area contributed by atoms with Crippen molar-refractivity contribution in [2.45, 2.75) is 64.0 Å². The minimum atomic E-state index is -0.655. The van der Waals surface area contributed by atoms with Crippen molar-refractivity contribution in [1.29, 1.82) is 0 Å². The van der Waals surface area contributed by atoms with Crippen LogP contribution in [0.25, 0.3) is 0 Å². The Kier molecular flexibility index (Phi) is 4.75. The average Bonchev–Trinajstić information content (AvgIpc) is 2.79. The summed E-state index contributed by atoms with van der Waals surface area (Å²) in [6.45, 7) is 4.80. The fourth-order valence-corrected chi connectivity index (χ4v) is 4.02. The fourth-order valence-electron chi connectivity index (χ4n) is 4.02. The lowest BCUT2D eigenvalue weighted by Crippen LogP contribution is -2.49. The van der Waals surface area contributed by atoms with Crippen molar-refractivity contribution in [3.8, 4) is 0 Å². The molecular formula is C16H30N2O2. The molecule has 3 N–H and O–H groups in total. The van der Waals surface area contributed by atoms with Gasteiger partial charge in [0.1, 0.15) is 0 Å². The van der Waals surface area contributed by atoms with Crippen molar-refractivity contribution in [2.75, 3.05) is 13.6 Å². The summed E-state index contributed by atoms with van der Waals surface area (Å²) in [5, 5.41) is 10.5. The topological polar surface area (TPSA) is 66.6 Å².